The molecule has 4 heteroatoms. The summed E-state index contributed by atoms with van der Waals surface area (Å²) >= 11 is 6.33. The Labute approximate surface area is 110 Å². The van der Waals surface area contributed by atoms with E-state index in [1.54, 1.807) is 0 Å². The first-order valence-electron chi connectivity index (χ1n) is 6.22. The zero-order valence-corrected chi connectivity index (χ0v) is 11.0. The Bertz CT molecular complexity index is 439. The van der Waals surface area contributed by atoms with Gasteiger partial charge in [0.05, 0.1) is 5.38 Å². The lowest BCUT2D eigenvalue weighted by atomic mass is 9.71. The minimum absolute atomic E-state index is 0.0694. The van der Waals surface area contributed by atoms with Gasteiger partial charge in [-0.15, -0.1) is 11.6 Å². The zero-order valence-electron chi connectivity index (χ0n) is 10.3. The Hall–Kier alpha value is -0.700. The van der Waals surface area contributed by atoms with Gasteiger partial charge in [-0.3, -0.25) is 0 Å². The third kappa shape index (κ3) is 2.51. The first-order valence-corrected chi connectivity index (χ1v) is 6.66. The molecular weight excluding hydrogens is 261 g/mol. The average Bonchev–Trinajstić information content (AvgIpc) is 2.34. The summed E-state index contributed by atoms with van der Waals surface area (Å²) < 4.78 is 39.8. The van der Waals surface area contributed by atoms with Gasteiger partial charge in [0, 0.05) is 11.6 Å². The van der Waals surface area contributed by atoms with Crippen molar-refractivity contribution in [2.45, 2.75) is 44.4 Å². The summed E-state index contributed by atoms with van der Waals surface area (Å²) in [6, 6.07) is 1.47. The van der Waals surface area contributed by atoms with Crippen molar-refractivity contribution in [3.63, 3.8) is 0 Å². The second-order valence-corrected chi connectivity index (χ2v) is 5.80. The van der Waals surface area contributed by atoms with Crippen LogP contribution < -0.4 is 0 Å². The normalized spacial score (nSPS) is 20.7. The van der Waals surface area contributed by atoms with Crippen LogP contribution in [0.25, 0.3) is 0 Å². The topological polar surface area (TPSA) is 0 Å². The van der Waals surface area contributed by atoms with E-state index in [2.05, 4.69) is 0 Å². The Balaban J connectivity index is 2.33. The van der Waals surface area contributed by atoms with Crippen molar-refractivity contribution >= 4 is 11.6 Å². The van der Waals surface area contributed by atoms with Gasteiger partial charge in [0.1, 0.15) is 5.82 Å². The quantitative estimate of drug-likeness (QED) is 0.504. The maximum absolute atomic E-state index is 13.7. The van der Waals surface area contributed by atoms with E-state index in [0.717, 1.165) is 38.2 Å². The number of alkyl halides is 1. The lowest BCUT2D eigenvalue weighted by Crippen LogP contribution is -2.26. The molecule has 1 aliphatic rings. The summed E-state index contributed by atoms with van der Waals surface area (Å²) in [6.07, 6.45) is 5.02. The fourth-order valence-corrected chi connectivity index (χ4v) is 3.11. The van der Waals surface area contributed by atoms with Crippen molar-refractivity contribution in [3.05, 3.63) is 35.1 Å². The first kappa shape index (κ1) is 13.7. The minimum Gasteiger partial charge on any atom is -0.207 e. The molecule has 1 fully saturated rings. The van der Waals surface area contributed by atoms with Gasteiger partial charge in [-0.25, -0.2) is 13.2 Å². The largest absolute Gasteiger partial charge is 0.207 e. The molecule has 0 spiro atoms. The highest BCUT2D eigenvalue weighted by atomic mass is 35.5. The van der Waals surface area contributed by atoms with Gasteiger partial charge >= 0.3 is 0 Å². The maximum atomic E-state index is 13.7. The molecule has 1 aromatic carbocycles. The van der Waals surface area contributed by atoms with E-state index >= 15 is 0 Å². The highest BCUT2D eigenvalue weighted by Crippen LogP contribution is 2.49. The molecule has 2 rings (SSSR count). The molecule has 1 aliphatic carbocycles. The smallest absolute Gasteiger partial charge is 0.161 e. The fraction of sp³-hybridized carbons (Fsp3) is 0.571. The number of benzene rings is 1. The van der Waals surface area contributed by atoms with Gasteiger partial charge in [0.25, 0.3) is 0 Å². The number of hydrogen-bond acceptors (Lipinski definition) is 0. The second kappa shape index (κ2) is 5.12. The van der Waals surface area contributed by atoms with Crippen LogP contribution in [0.15, 0.2) is 12.1 Å². The first-order chi connectivity index (χ1) is 8.44. The highest BCUT2D eigenvalue weighted by molar-refractivity contribution is 6.21. The Morgan fingerprint density at radius 3 is 2.17 bits per heavy atom. The molecule has 1 saturated carbocycles. The van der Waals surface area contributed by atoms with Crippen LogP contribution >= 0.6 is 11.6 Å². The van der Waals surface area contributed by atoms with Crippen LogP contribution in [0.4, 0.5) is 13.2 Å². The molecule has 0 heterocycles. The number of halogens is 4. The molecule has 1 atom stereocenters. The van der Waals surface area contributed by atoms with Crippen molar-refractivity contribution in [2.24, 2.45) is 5.41 Å². The summed E-state index contributed by atoms with van der Waals surface area (Å²) in [5.41, 5.74) is -0.176. The van der Waals surface area contributed by atoms with E-state index in [1.807, 2.05) is 6.92 Å². The van der Waals surface area contributed by atoms with Crippen LogP contribution in [0.3, 0.4) is 0 Å². The Morgan fingerprint density at radius 2 is 1.56 bits per heavy atom. The molecule has 0 N–H and O–H groups in total. The molecular formula is C14H16ClF3. The molecule has 18 heavy (non-hydrogen) atoms. The van der Waals surface area contributed by atoms with Crippen LogP contribution in [0, 0.1) is 22.9 Å². The van der Waals surface area contributed by atoms with Gasteiger partial charge in [0.15, 0.2) is 11.6 Å². The van der Waals surface area contributed by atoms with Crippen LogP contribution in [0.5, 0.6) is 0 Å². The molecule has 1 unspecified atom stereocenters. The molecule has 0 saturated heterocycles. The van der Waals surface area contributed by atoms with Crippen LogP contribution in [-0.2, 0) is 0 Å². The molecule has 0 aliphatic heterocycles. The summed E-state index contributed by atoms with van der Waals surface area (Å²) in [5, 5.41) is -0.618. The van der Waals surface area contributed by atoms with E-state index < -0.39 is 22.8 Å². The summed E-state index contributed by atoms with van der Waals surface area (Å²) in [5.74, 6) is -2.98. The second-order valence-electron chi connectivity index (χ2n) is 5.37. The van der Waals surface area contributed by atoms with Crippen molar-refractivity contribution in [3.8, 4) is 0 Å². The van der Waals surface area contributed by atoms with Crippen molar-refractivity contribution in [1.82, 2.24) is 0 Å². The van der Waals surface area contributed by atoms with E-state index in [-0.39, 0.29) is 11.0 Å². The average molecular weight is 277 g/mol. The minimum atomic E-state index is -1.17. The Morgan fingerprint density at radius 1 is 1.00 bits per heavy atom. The molecule has 0 aromatic heterocycles. The van der Waals surface area contributed by atoms with Gasteiger partial charge < -0.3 is 0 Å². The molecule has 100 valence electrons. The Kier molecular flexibility index (Phi) is 3.90. The molecule has 0 amide bonds. The van der Waals surface area contributed by atoms with Crippen LogP contribution in [-0.4, -0.2) is 0 Å². The van der Waals surface area contributed by atoms with E-state index in [4.69, 9.17) is 11.6 Å². The van der Waals surface area contributed by atoms with Crippen molar-refractivity contribution in [2.75, 3.05) is 0 Å². The summed E-state index contributed by atoms with van der Waals surface area (Å²) in [6.45, 7) is 1.99. The molecule has 1 aromatic rings. The van der Waals surface area contributed by atoms with Crippen LogP contribution in [0.2, 0.25) is 0 Å². The maximum Gasteiger partial charge on any atom is 0.161 e. The van der Waals surface area contributed by atoms with Crippen molar-refractivity contribution < 1.29 is 13.2 Å². The predicted octanol–water partition coefficient (Wildman–Crippen LogP) is 5.35. The van der Waals surface area contributed by atoms with Crippen molar-refractivity contribution in [1.29, 1.82) is 0 Å². The standard InChI is InChI=1S/C14H16ClF3/c1-14(5-3-2-4-6-14)13(15)9-7-11(17)12(18)8-10(9)16/h7-8,13H,2-6H2,1H3. The highest BCUT2D eigenvalue weighted by Gasteiger charge is 2.36. The third-order valence-corrected chi connectivity index (χ3v) is 4.68. The van der Waals surface area contributed by atoms with Gasteiger partial charge in [-0.1, -0.05) is 26.2 Å². The lowest BCUT2D eigenvalue weighted by molar-refractivity contribution is 0.204. The number of hydrogen-bond donors (Lipinski definition) is 0. The zero-order chi connectivity index (χ0) is 13.3. The van der Waals surface area contributed by atoms with Gasteiger partial charge in [-0.2, -0.15) is 0 Å². The van der Waals surface area contributed by atoms with Crippen LogP contribution in [0.1, 0.15) is 50.0 Å². The predicted molar refractivity (Wildman–Crippen MR) is 66.1 cm³/mol. The fourth-order valence-electron chi connectivity index (χ4n) is 2.72. The SMILES string of the molecule is CC1(C(Cl)c2cc(F)c(F)cc2F)CCCCC1. The van der Waals surface area contributed by atoms with E-state index in [9.17, 15) is 13.2 Å². The van der Waals surface area contributed by atoms with Gasteiger partial charge in [-0.05, 0) is 24.3 Å². The van der Waals surface area contributed by atoms with E-state index in [0.29, 0.717) is 6.07 Å². The molecule has 0 nitrogen and oxygen atoms in total. The number of rotatable bonds is 2. The van der Waals surface area contributed by atoms with E-state index in [1.165, 1.54) is 0 Å². The summed E-state index contributed by atoms with van der Waals surface area (Å²) in [4.78, 5) is 0. The third-order valence-electron chi connectivity index (χ3n) is 3.92. The monoisotopic (exact) mass is 276 g/mol. The summed E-state index contributed by atoms with van der Waals surface area (Å²) in [7, 11) is 0. The molecule has 0 bridgehead atoms. The lowest BCUT2D eigenvalue weighted by Gasteiger charge is -2.38. The molecule has 0 radical (unpaired) electrons. The van der Waals surface area contributed by atoms with Gasteiger partial charge in [0.2, 0.25) is 0 Å².